The Labute approximate surface area is 41.7 Å². The maximum absolute atomic E-state index is 2.37. The largest absolute Gasteiger partial charge is 0.0884 e. The average Bonchev–Trinajstić information content (AvgIpc) is 2.19. The molecule has 0 saturated heterocycles. The standard InChI is InChI=1S/C5H10Si/c1-2-4-3-5(4)6/h3-4H,2H2,1,6H3. The summed E-state index contributed by atoms with van der Waals surface area (Å²) in [5, 5.41) is 1.72. The minimum atomic E-state index is 0.955. The fourth-order valence-corrected chi connectivity index (χ4v) is 1.52. The Morgan fingerprint density at radius 3 is 2.50 bits per heavy atom. The molecule has 0 saturated carbocycles. The first-order chi connectivity index (χ1) is 2.84. The molecule has 0 N–H and O–H groups in total. The Balaban J connectivity index is 2.18. The smallest absolute Gasteiger partial charge is 0.0336 e. The molecule has 6 heavy (non-hydrogen) atoms. The van der Waals surface area contributed by atoms with E-state index in [1.165, 1.54) is 16.7 Å². The summed E-state index contributed by atoms with van der Waals surface area (Å²) in [6.07, 6.45) is 3.71. The van der Waals surface area contributed by atoms with Crippen molar-refractivity contribution in [2.24, 2.45) is 5.92 Å². The van der Waals surface area contributed by atoms with Gasteiger partial charge in [0.25, 0.3) is 0 Å². The molecule has 1 atom stereocenters. The minimum Gasteiger partial charge on any atom is -0.0884 e. The molecule has 0 aromatic carbocycles. The van der Waals surface area contributed by atoms with Crippen molar-refractivity contribution in [2.45, 2.75) is 13.3 Å². The van der Waals surface area contributed by atoms with Crippen LogP contribution in [-0.2, 0) is 0 Å². The normalized spacial score (nSPS) is 30.2. The van der Waals surface area contributed by atoms with Crippen LogP contribution in [0.5, 0.6) is 0 Å². The molecule has 1 aliphatic rings. The summed E-state index contributed by atoms with van der Waals surface area (Å²) >= 11 is 0. The van der Waals surface area contributed by atoms with Crippen molar-refractivity contribution in [1.29, 1.82) is 0 Å². The van der Waals surface area contributed by atoms with Gasteiger partial charge in [-0.25, -0.2) is 0 Å². The second-order valence-corrected chi connectivity index (χ2v) is 3.08. The summed E-state index contributed by atoms with van der Waals surface area (Å²) in [5.41, 5.74) is 0. The Bertz CT molecular complexity index is 83.9. The highest BCUT2D eigenvalue weighted by molar-refractivity contribution is 6.24. The highest BCUT2D eigenvalue weighted by Gasteiger charge is 2.15. The molecule has 1 heteroatoms. The average molecular weight is 98.2 g/mol. The van der Waals surface area contributed by atoms with Gasteiger partial charge >= 0.3 is 0 Å². The summed E-state index contributed by atoms with van der Waals surface area (Å²) in [6, 6.07) is 0. The Hall–Kier alpha value is -0.0431. The monoisotopic (exact) mass is 98.1 g/mol. The third kappa shape index (κ3) is 0.546. The van der Waals surface area contributed by atoms with Crippen molar-refractivity contribution < 1.29 is 0 Å². The summed E-state index contributed by atoms with van der Waals surface area (Å²) < 4.78 is 0. The first kappa shape index (κ1) is 4.12. The molecule has 1 aliphatic carbocycles. The molecule has 0 heterocycles. The van der Waals surface area contributed by atoms with Gasteiger partial charge in [0.1, 0.15) is 0 Å². The van der Waals surface area contributed by atoms with Gasteiger partial charge in [-0.3, -0.25) is 0 Å². The number of hydrogen-bond donors (Lipinski definition) is 0. The van der Waals surface area contributed by atoms with Crippen LogP contribution in [0.15, 0.2) is 11.3 Å². The van der Waals surface area contributed by atoms with Gasteiger partial charge in [0.05, 0.1) is 0 Å². The van der Waals surface area contributed by atoms with Gasteiger partial charge in [-0.15, -0.1) is 0 Å². The van der Waals surface area contributed by atoms with Gasteiger partial charge in [0.15, 0.2) is 0 Å². The van der Waals surface area contributed by atoms with Crippen molar-refractivity contribution in [3.63, 3.8) is 0 Å². The van der Waals surface area contributed by atoms with E-state index in [0.29, 0.717) is 0 Å². The SMILES string of the molecule is CCC1C=C1[SiH3]. The van der Waals surface area contributed by atoms with E-state index < -0.39 is 0 Å². The highest BCUT2D eigenvalue weighted by atomic mass is 28.1. The van der Waals surface area contributed by atoms with Gasteiger partial charge in [-0.05, 0) is 12.3 Å². The zero-order valence-corrected chi connectivity index (χ0v) is 6.36. The van der Waals surface area contributed by atoms with Gasteiger partial charge in [0.2, 0.25) is 0 Å². The summed E-state index contributed by atoms with van der Waals surface area (Å²) in [4.78, 5) is 0. The maximum Gasteiger partial charge on any atom is 0.0336 e. The maximum atomic E-state index is 2.37. The second-order valence-electron chi connectivity index (χ2n) is 1.93. The topological polar surface area (TPSA) is 0 Å². The van der Waals surface area contributed by atoms with Crippen LogP contribution < -0.4 is 0 Å². The van der Waals surface area contributed by atoms with E-state index in [4.69, 9.17) is 0 Å². The lowest BCUT2D eigenvalue weighted by Crippen LogP contribution is -1.73. The Kier molecular flexibility index (Phi) is 0.843. The number of hydrogen-bond acceptors (Lipinski definition) is 0. The Morgan fingerprint density at radius 1 is 2.00 bits per heavy atom. The van der Waals surface area contributed by atoms with Gasteiger partial charge < -0.3 is 0 Å². The molecule has 0 bridgehead atoms. The molecule has 0 spiro atoms. The predicted octanol–water partition coefficient (Wildman–Crippen LogP) is 0.275. The molecule has 0 nitrogen and oxygen atoms in total. The third-order valence-electron chi connectivity index (χ3n) is 1.38. The van der Waals surface area contributed by atoms with Crippen molar-refractivity contribution in [3.05, 3.63) is 11.3 Å². The van der Waals surface area contributed by atoms with Crippen molar-refractivity contribution in [2.75, 3.05) is 0 Å². The van der Waals surface area contributed by atoms with Gasteiger partial charge in [-0.1, -0.05) is 18.2 Å². The molecular formula is C5H10Si. The highest BCUT2D eigenvalue weighted by Crippen LogP contribution is 2.27. The predicted molar refractivity (Wildman–Crippen MR) is 31.8 cm³/mol. The van der Waals surface area contributed by atoms with Crippen LogP contribution in [0.25, 0.3) is 0 Å². The molecule has 1 unspecified atom stereocenters. The van der Waals surface area contributed by atoms with Crippen LogP contribution in [-0.4, -0.2) is 10.2 Å². The molecule has 0 radical (unpaired) electrons. The number of rotatable bonds is 1. The molecule has 0 aliphatic heterocycles. The molecule has 1 rings (SSSR count). The van der Waals surface area contributed by atoms with Gasteiger partial charge in [-0.2, -0.15) is 0 Å². The molecular weight excluding hydrogens is 88.1 g/mol. The van der Waals surface area contributed by atoms with Crippen LogP contribution in [0.3, 0.4) is 0 Å². The van der Waals surface area contributed by atoms with Gasteiger partial charge in [0, 0.05) is 10.2 Å². The van der Waals surface area contributed by atoms with Crippen LogP contribution in [0.2, 0.25) is 0 Å². The fraction of sp³-hybridized carbons (Fsp3) is 0.600. The lowest BCUT2D eigenvalue weighted by Gasteiger charge is -1.81. The molecule has 0 aromatic heterocycles. The van der Waals surface area contributed by atoms with Crippen molar-refractivity contribution in [1.82, 2.24) is 0 Å². The summed E-state index contributed by atoms with van der Waals surface area (Å²) in [5.74, 6) is 0.955. The van der Waals surface area contributed by atoms with Crippen LogP contribution in [0.1, 0.15) is 13.3 Å². The van der Waals surface area contributed by atoms with Crippen LogP contribution >= 0.6 is 0 Å². The van der Waals surface area contributed by atoms with E-state index in [1.807, 2.05) is 0 Å². The molecule has 0 amide bonds. The zero-order chi connectivity index (χ0) is 4.57. The van der Waals surface area contributed by atoms with E-state index in [1.54, 1.807) is 5.20 Å². The van der Waals surface area contributed by atoms with E-state index in [0.717, 1.165) is 5.92 Å². The number of allylic oxidation sites excluding steroid dienone is 2. The lowest BCUT2D eigenvalue weighted by atomic mass is 10.3. The Morgan fingerprint density at radius 2 is 2.50 bits per heavy atom. The van der Waals surface area contributed by atoms with E-state index in [2.05, 4.69) is 13.0 Å². The van der Waals surface area contributed by atoms with Crippen molar-refractivity contribution in [3.8, 4) is 0 Å². The molecule has 0 fully saturated rings. The zero-order valence-electron chi connectivity index (χ0n) is 4.36. The molecule has 34 valence electrons. The van der Waals surface area contributed by atoms with Crippen molar-refractivity contribution >= 4 is 10.2 Å². The quantitative estimate of drug-likeness (QED) is 0.413. The van der Waals surface area contributed by atoms with E-state index in [9.17, 15) is 0 Å². The fourth-order valence-electron chi connectivity index (χ4n) is 0.709. The first-order valence-corrected chi connectivity index (χ1v) is 3.53. The van der Waals surface area contributed by atoms with Crippen LogP contribution in [0.4, 0.5) is 0 Å². The summed E-state index contributed by atoms with van der Waals surface area (Å²) in [6.45, 7) is 2.24. The third-order valence-corrected chi connectivity index (χ3v) is 2.45. The second kappa shape index (κ2) is 1.23. The lowest BCUT2D eigenvalue weighted by molar-refractivity contribution is 0.857. The summed E-state index contributed by atoms with van der Waals surface area (Å²) in [7, 11) is 1.31. The minimum absolute atomic E-state index is 0.955. The van der Waals surface area contributed by atoms with E-state index in [-0.39, 0.29) is 0 Å². The van der Waals surface area contributed by atoms with Crippen LogP contribution in [0, 0.1) is 5.92 Å². The van der Waals surface area contributed by atoms with E-state index >= 15 is 0 Å². The molecule has 0 aromatic rings. The first-order valence-electron chi connectivity index (χ1n) is 2.53.